The summed E-state index contributed by atoms with van der Waals surface area (Å²) in [5, 5.41) is 11.1. The Labute approximate surface area is 101 Å². The zero-order valence-electron chi connectivity index (χ0n) is 9.53. The Morgan fingerprint density at radius 3 is 2.72 bits per heavy atom. The number of halogens is 3. The molecule has 0 saturated heterocycles. The molecular weight excluding hydrogens is 253 g/mol. The van der Waals surface area contributed by atoms with E-state index in [1.807, 2.05) is 0 Å². The summed E-state index contributed by atoms with van der Waals surface area (Å²) in [6, 6.07) is 0. The molecule has 0 aliphatic rings. The molecule has 1 rings (SSSR count). The van der Waals surface area contributed by atoms with E-state index in [0.717, 1.165) is 6.33 Å². The number of ether oxygens (including phenoxy) is 1. The Balaban J connectivity index is 2.71. The molecule has 0 amide bonds. The normalized spacial score (nSPS) is 13.2. The van der Waals surface area contributed by atoms with Crippen LogP contribution >= 0.6 is 0 Å². The van der Waals surface area contributed by atoms with Gasteiger partial charge in [-0.15, -0.1) is 0 Å². The summed E-state index contributed by atoms with van der Waals surface area (Å²) in [6.45, 7) is 1.27. The Bertz CT molecular complexity index is 400. The fourth-order valence-corrected chi connectivity index (χ4v) is 1.08. The second-order valence-corrected chi connectivity index (χ2v) is 3.31. The molecule has 0 aromatic carbocycles. The molecule has 1 unspecified atom stereocenters. The van der Waals surface area contributed by atoms with E-state index in [1.54, 1.807) is 6.92 Å². The molecule has 4 N–H and O–H groups in total. The lowest BCUT2D eigenvalue weighted by Gasteiger charge is -2.16. The van der Waals surface area contributed by atoms with Crippen LogP contribution in [0.1, 0.15) is 6.92 Å². The second kappa shape index (κ2) is 5.71. The van der Waals surface area contributed by atoms with Gasteiger partial charge in [0.2, 0.25) is 5.88 Å². The molecule has 18 heavy (non-hydrogen) atoms. The summed E-state index contributed by atoms with van der Waals surface area (Å²) in [4.78, 5) is 7.39. The molecule has 0 radical (unpaired) electrons. The van der Waals surface area contributed by atoms with E-state index in [1.165, 1.54) is 0 Å². The van der Waals surface area contributed by atoms with Gasteiger partial charge in [-0.25, -0.2) is 4.98 Å². The highest BCUT2D eigenvalue weighted by molar-refractivity contribution is 5.66. The first-order valence-electron chi connectivity index (χ1n) is 5.08. The molecule has 1 heterocycles. The smallest absolute Gasteiger partial charge is 0.416 e. The fourth-order valence-electron chi connectivity index (χ4n) is 1.08. The average Bonchev–Trinajstić information content (AvgIpc) is 2.29. The third kappa shape index (κ3) is 3.62. The minimum atomic E-state index is -4.70. The van der Waals surface area contributed by atoms with Gasteiger partial charge in [-0.2, -0.15) is 18.2 Å². The van der Waals surface area contributed by atoms with E-state index in [-0.39, 0.29) is 17.4 Å². The maximum Gasteiger partial charge on any atom is 0.416 e. The van der Waals surface area contributed by atoms with Gasteiger partial charge in [-0.05, 0) is 6.92 Å². The third-order valence-corrected chi connectivity index (χ3v) is 1.97. The van der Waals surface area contributed by atoms with Crippen LogP contribution in [0.4, 0.5) is 24.7 Å². The zero-order valence-corrected chi connectivity index (χ0v) is 9.53. The topological polar surface area (TPSA) is 93.3 Å². The van der Waals surface area contributed by atoms with E-state index in [2.05, 4.69) is 15.3 Å². The predicted molar refractivity (Wildman–Crippen MR) is 58.2 cm³/mol. The first-order valence-corrected chi connectivity index (χ1v) is 5.08. The highest BCUT2D eigenvalue weighted by atomic mass is 19.4. The molecule has 0 bridgehead atoms. The SMILES string of the molecule is CCOc1ncnc(NCC(O)C(F)(F)F)c1N. The predicted octanol–water partition coefficient (Wildman–Crippen LogP) is 0.793. The van der Waals surface area contributed by atoms with Crippen molar-refractivity contribution in [3.8, 4) is 5.88 Å². The summed E-state index contributed by atoms with van der Waals surface area (Å²) >= 11 is 0. The van der Waals surface area contributed by atoms with Crippen LogP contribution in [-0.2, 0) is 0 Å². The maximum absolute atomic E-state index is 12.1. The summed E-state index contributed by atoms with van der Waals surface area (Å²) in [6.07, 6.45) is -6.09. The summed E-state index contributed by atoms with van der Waals surface area (Å²) in [5.41, 5.74) is 5.58. The molecule has 0 fully saturated rings. The number of nitrogens with one attached hydrogen (secondary N) is 1. The number of nitrogens with two attached hydrogens (primary N) is 1. The monoisotopic (exact) mass is 266 g/mol. The average molecular weight is 266 g/mol. The van der Waals surface area contributed by atoms with Gasteiger partial charge in [0.1, 0.15) is 12.0 Å². The quantitative estimate of drug-likeness (QED) is 0.729. The third-order valence-electron chi connectivity index (χ3n) is 1.97. The molecule has 102 valence electrons. The molecule has 1 aromatic rings. The lowest BCUT2D eigenvalue weighted by atomic mass is 10.3. The van der Waals surface area contributed by atoms with Crippen molar-refractivity contribution in [2.75, 3.05) is 24.2 Å². The van der Waals surface area contributed by atoms with E-state index in [4.69, 9.17) is 15.6 Å². The van der Waals surface area contributed by atoms with Crippen molar-refractivity contribution in [2.24, 2.45) is 0 Å². The number of hydrogen-bond donors (Lipinski definition) is 3. The van der Waals surface area contributed by atoms with Crippen LogP contribution in [0.5, 0.6) is 5.88 Å². The standard InChI is InChI=1S/C9H13F3N4O2/c1-2-18-8-6(13)7(15-4-16-8)14-3-5(17)9(10,11)12/h4-5,17H,2-3,13H2,1H3,(H,14,15,16). The van der Waals surface area contributed by atoms with Gasteiger partial charge in [-0.3, -0.25) is 0 Å². The van der Waals surface area contributed by atoms with Crippen molar-refractivity contribution >= 4 is 11.5 Å². The number of nitrogen functional groups attached to an aromatic ring is 1. The highest BCUT2D eigenvalue weighted by Crippen LogP contribution is 2.25. The number of aliphatic hydroxyl groups excluding tert-OH is 1. The first-order chi connectivity index (χ1) is 8.36. The van der Waals surface area contributed by atoms with Crippen molar-refractivity contribution in [1.82, 2.24) is 9.97 Å². The number of aliphatic hydroxyl groups is 1. The van der Waals surface area contributed by atoms with Crippen LogP contribution in [0.25, 0.3) is 0 Å². The van der Waals surface area contributed by atoms with Gasteiger partial charge >= 0.3 is 6.18 Å². The molecule has 9 heteroatoms. The number of alkyl halides is 3. The van der Waals surface area contributed by atoms with Gasteiger partial charge in [-0.1, -0.05) is 0 Å². The van der Waals surface area contributed by atoms with E-state index < -0.39 is 18.8 Å². The number of hydrogen-bond acceptors (Lipinski definition) is 6. The Morgan fingerprint density at radius 2 is 2.17 bits per heavy atom. The lowest BCUT2D eigenvalue weighted by molar-refractivity contribution is -0.198. The lowest BCUT2D eigenvalue weighted by Crippen LogP contribution is -2.35. The Hall–Kier alpha value is -1.77. The molecule has 0 aliphatic carbocycles. The van der Waals surface area contributed by atoms with Gasteiger partial charge in [0.05, 0.1) is 13.2 Å². The molecule has 1 atom stereocenters. The van der Waals surface area contributed by atoms with Crippen LogP contribution in [0.3, 0.4) is 0 Å². The molecular formula is C9H13F3N4O2. The molecule has 6 nitrogen and oxygen atoms in total. The van der Waals surface area contributed by atoms with Crippen LogP contribution in [-0.4, -0.2) is 40.5 Å². The fraction of sp³-hybridized carbons (Fsp3) is 0.556. The molecule has 0 spiro atoms. The van der Waals surface area contributed by atoms with E-state index in [0.29, 0.717) is 6.61 Å². The van der Waals surface area contributed by atoms with Crippen molar-refractivity contribution in [3.63, 3.8) is 0 Å². The Kier molecular flexibility index (Phi) is 4.54. The van der Waals surface area contributed by atoms with Crippen LogP contribution in [0.2, 0.25) is 0 Å². The van der Waals surface area contributed by atoms with Crippen LogP contribution < -0.4 is 15.8 Å². The van der Waals surface area contributed by atoms with Crippen molar-refractivity contribution in [2.45, 2.75) is 19.2 Å². The van der Waals surface area contributed by atoms with Gasteiger partial charge < -0.3 is 20.9 Å². The second-order valence-electron chi connectivity index (χ2n) is 3.31. The maximum atomic E-state index is 12.1. The van der Waals surface area contributed by atoms with Gasteiger partial charge in [0, 0.05) is 0 Å². The van der Waals surface area contributed by atoms with E-state index in [9.17, 15) is 13.2 Å². The van der Waals surface area contributed by atoms with Crippen molar-refractivity contribution in [3.05, 3.63) is 6.33 Å². The highest BCUT2D eigenvalue weighted by Gasteiger charge is 2.38. The van der Waals surface area contributed by atoms with Crippen LogP contribution in [0.15, 0.2) is 6.33 Å². The number of aromatic nitrogens is 2. The van der Waals surface area contributed by atoms with Crippen molar-refractivity contribution in [1.29, 1.82) is 0 Å². The minimum Gasteiger partial charge on any atom is -0.476 e. The number of anilines is 2. The largest absolute Gasteiger partial charge is 0.476 e. The van der Waals surface area contributed by atoms with Crippen LogP contribution in [0, 0.1) is 0 Å². The Morgan fingerprint density at radius 1 is 1.50 bits per heavy atom. The molecule has 0 aliphatic heterocycles. The minimum absolute atomic E-state index is 0.00581. The summed E-state index contributed by atoms with van der Waals surface area (Å²) in [5.74, 6) is 0.0632. The number of nitrogens with zero attached hydrogens (tertiary/aromatic N) is 2. The zero-order chi connectivity index (χ0) is 13.8. The summed E-state index contributed by atoms with van der Waals surface area (Å²) < 4.78 is 41.3. The first kappa shape index (κ1) is 14.3. The number of rotatable bonds is 5. The molecule has 0 saturated carbocycles. The van der Waals surface area contributed by atoms with Gasteiger partial charge in [0.25, 0.3) is 0 Å². The van der Waals surface area contributed by atoms with Crippen molar-refractivity contribution < 1.29 is 23.0 Å². The molecule has 1 aromatic heterocycles. The summed E-state index contributed by atoms with van der Waals surface area (Å²) in [7, 11) is 0. The van der Waals surface area contributed by atoms with E-state index >= 15 is 0 Å². The van der Waals surface area contributed by atoms with Gasteiger partial charge in [0.15, 0.2) is 11.9 Å².